The van der Waals surface area contributed by atoms with Gasteiger partial charge in [0.1, 0.15) is 22.5 Å². The van der Waals surface area contributed by atoms with Gasteiger partial charge < -0.3 is 8.83 Å². The molecule has 8 aromatic carbocycles. The van der Waals surface area contributed by atoms with Crippen molar-refractivity contribution in [1.29, 1.82) is 0 Å². The quantitative estimate of drug-likeness (QED) is 0.179. The Kier molecular flexibility index (Phi) is 5.57. The normalized spacial score (nSPS) is 12.1. The summed E-state index contributed by atoms with van der Waals surface area (Å²) in [6, 6.07) is 56.3. The van der Waals surface area contributed by atoms with E-state index in [1.54, 1.807) is 0 Å². The van der Waals surface area contributed by atoms with Gasteiger partial charge in [-0.15, -0.1) is 11.3 Å². The van der Waals surface area contributed by atoms with Gasteiger partial charge in [0, 0.05) is 41.9 Å². The first kappa shape index (κ1) is 26.9. The van der Waals surface area contributed by atoms with Gasteiger partial charge in [0.05, 0.1) is 0 Å². The standard InChI is InChI=1S/C46H26O2S/c1-2-12-27(13-3-1)29-19-10-20-34-36-25-40-37(26-42(36)49-46(29)34)45-35(21-11-23-39(45)48-40)43-30-15-5-7-17-32(30)44(33-18-8-6-16-31(33)43)41-24-28-14-4-9-22-38(28)47-41/h1-26H. The highest BCUT2D eigenvalue weighted by Gasteiger charge is 2.22. The molecule has 3 heteroatoms. The molecule has 0 saturated carbocycles. The third-order valence-electron chi connectivity index (χ3n) is 10.1. The van der Waals surface area contributed by atoms with Crippen molar-refractivity contribution in [2.45, 2.75) is 0 Å². The van der Waals surface area contributed by atoms with Crippen LogP contribution in [0.2, 0.25) is 0 Å². The summed E-state index contributed by atoms with van der Waals surface area (Å²) < 4.78 is 15.8. The predicted molar refractivity (Wildman–Crippen MR) is 208 cm³/mol. The number of furan rings is 2. The lowest BCUT2D eigenvalue weighted by molar-refractivity contribution is 0.633. The molecule has 0 saturated heterocycles. The van der Waals surface area contributed by atoms with Gasteiger partial charge in [-0.25, -0.2) is 0 Å². The fourth-order valence-corrected chi connectivity index (χ4v) is 9.22. The number of para-hydroxylation sites is 1. The molecule has 11 rings (SSSR count). The molecule has 0 aliphatic rings. The van der Waals surface area contributed by atoms with Crippen LogP contribution < -0.4 is 0 Å². The van der Waals surface area contributed by atoms with Crippen molar-refractivity contribution in [3.8, 4) is 33.6 Å². The maximum absolute atomic E-state index is 6.70. The molecule has 0 unspecified atom stereocenters. The zero-order valence-corrected chi connectivity index (χ0v) is 27.1. The lowest BCUT2D eigenvalue weighted by Crippen LogP contribution is -1.90. The average Bonchev–Trinajstić information content (AvgIpc) is 3.86. The lowest BCUT2D eigenvalue weighted by Gasteiger charge is -2.17. The number of benzene rings is 8. The van der Waals surface area contributed by atoms with Gasteiger partial charge in [-0.05, 0) is 74.1 Å². The van der Waals surface area contributed by atoms with Crippen LogP contribution in [0.4, 0.5) is 0 Å². The Bertz CT molecular complexity index is 3010. The highest BCUT2D eigenvalue weighted by molar-refractivity contribution is 7.26. The molecule has 228 valence electrons. The van der Waals surface area contributed by atoms with Crippen LogP contribution in [-0.2, 0) is 0 Å². The van der Waals surface area contributed by atoms with E-state index in [0.29, 0.717) is 0 Å². The zero-order valence-electron chi connectivity index (χ0n) is 26.2. The summed E-state index contributed by atoms with van der Waals surface area (Å²) >= 11 is 1.87. The van der Waals surface area contributed by atoms with Crippen molar-refractivity contribution in [3.63, 3.8) is 0 Å². The molecule has 0 spiro atoms. The van der Waals surface area contributed by atoms with E-state index in [1.807, 2.05) is 23.5 Å². The van der Waals surface area contributed by atoms with Gasteiger partial charge in [0.25, 0.3) is 0 Å². The van der Waals surface area contributed by atoms with Crippen LogP contribution in [0.1, 0.15) is 0 Å². The second-order valence-electron chi connectivity index (χ2n) is 12.8. The van der Waals surface area contributed by atoms with Crippen LogP contribution in [0.3, 0.4) is 0 Å². The predicted octanol–water partition coefficient (Wildman–Crippen LogP) is 14.0. The number of rotatable bonds is 3. The fourth-order valence-electron chi connectivity index (χ4n) is 7.96. The van der Waals surface area contributed by atoms with Crippen LogP contribution in [-0.4, -0.2) is 0 Å². The lowest BCUT2D eigenvalue weighted by atomic mass is 9.86. The first-order chi connectivity index (χ1) is 24.3. The van der Waals surface area contributed by atoms with Crippen LogP contribution in [0.5, 0.6) is 0 Å². The summed E-state index contributed by atoms with van der Waals surface area (Å²) in [5.74, 6) is 0.883. The molecular formula is C46H26O2S. The topological polar surface area (TPSA) is 26.3 Å². The van der Waals surface area contributed by atoms with Crippen molar-refractivity contribution in [2.75, 3.05) is 0 Å². The van der Waals surface area contributed by atoms with Crippen LogP contribution in [0.25, 0.3) is 108 Å². The SMILES string of the molecule is c1ccc(-c2cccc3c2sc2cc4c(cc23)oc2cccc(-c3c5ccccc5c(-c5cc6ccccc6o5)c5ccccc35)c24)cc1. The minimum atomic E-state index is 0.883. The van der Waals surface area contributed by atoms with Crippen molar-refractivity contribution in [3.05, 3.63) is 158 Å². The Morgan fingerprint density at radius 2 is 1.02 bits per heavy atom. The summed E-state index contributed by atoms with van der Waals surface area (Å²) in [5, 5.41) is 10.6. The molecule has 0 bridgehead atoms. The van der Waals surface area contributed by atoms with E-state index < -0.39 is 0 Å². The molecular weight excluding hydrogens is 617 g/mol. The molecule has 0 radical (unpaired) electrons. The van der Waals surface area contributed by atoms with E-state index in [0.717, 1.165) is 44.2 Å². The summed E-state index contributed by atoms with van der Waals surface area (Å²) in [4.78, 5) is 0. The first-order valence-corrected chi connectivity index (χ1v) is 17.4. The van der Waals surface area contributed by atoms with Gasteiger partial charge in [0.15, 0.2) is 0 Å². The minimum Gasteiger partial charge on any atom is -0.456 e. The van der Waals surface area contributed by atoms with E-state index in [9.17, 15) is 0 Å². The van der Waals surface area contributed by atoms with E-state index in [-0.39, 0.29) is 0 Å². The van der Waals surface area contributed by atoms with Crippen LogP contribution >= 0.6 is 11.3 Å². The molecule has 0 fully saturated rings. The molecule has 0 aliphatic heterocycles. The molecule has 3 aromatic heterocycles. The zero-order chi connectivity index (χ0) is 32.1. The van der Waals surface area contributed by atoms with E-state index in [2.05, 4.69) is 146 Å². The monoisotopic (exact) mass is 642 g/mol. The Morgan fingerprint density at radius 3 is 1.80 bits per heavy atom. The molecule has 11 aromatic rings. The largest absolute Gasteiger partial charge is 0.456 e. The Balaban J connectivity index is 1.22. The van der Waals surface area contributed by atoms with Crippen molar-refractivity contribution >= 4 is 86.0 Å². The summed E-state index contributed by atoms with van der Waals surface area (Å²) in [6.45, 7) is 0. The van der Waals surface area contributed by atoms with Gasteiger partial charge in [-0.1, -0.05) is 127 Å². The van der Waals surface area contributed by atoms with E-state index >= 15 is 0 Å². The molecule has 0 amide bonds. The smallest absolute Gasteiger partial charge is 0.136 e. The first-order valence-electron chi connectivity index (χ1n) is 16.6. The van der Waals surface area contributed by atoms with Crippen molar-refractivity contribution < 1.29 is 8.83 Å². The Morgan fingerprint density at radius 1 is 0.388 bits per heavy atom. The number of hydrogen-bond donors (Lipinski definition) is 0. The summed E-state index contributed by atoms with van der Waals surface area (Å²) in [7, 11) is 0. The Labute approximate surface area is 285 Å². The molecule has 2 nitrogen and oxygen atoms in total. The van der Waals surface area contributed by atoms with Gasteiger partial charge >= 0.3 is 0 Å². The van der Waals surface area contributed by atoms with Crippen molar-refractivity contribution in [1.82, 2.24) is 0 Å². The maximum atomic E-state index is 6.70. The molecule has 3 heterocycles. The number of hydrogen-bond acceptors (Lipinski definition) is 3. The maximum Gasteiger partial charge on any atom is 0.136 e. The molecule has 0 aliphatic carbocycles. The number of fused-ring (bicyclic) bond motifs is 9. The molecule has 49 heavy (non-hydrogen) atoms. The second kappa shape index (κ2) is 10.2. The van der Waals surface area contributed by atoms with Crippen molar-refractivity contribution in [2.24, 2.45) is 0 Å². The fraction of sp³-hybridized carbons (Fsp3) is 0. The third-order valence-corrected chi connectivity index (χ3v) is 11.3. The average molecular weight is 643 g/mol. The van der Waals surface area contributed by atoms with Gasteiger partial charge in [-0.2, -0.15) is 0 Å². The Hall–Kier alpha value is -6.16. The summed E-state index contributed by atoms with van der Waals surface area (Å²) in [5.41, 5.74) is 8.71. The van der Waals surface area contributed by atoms with Crippen LogP contribution in [0.15, 0.2) is 167 Å². The minimum absolute atomic E-state index is 0.883. The van der Waals surface area contributed by atoms with Crippen LogP contribution in [0, 0.1) is 0 Å². The van der Waals surface area contributed by atoms with E-state index in [4.69, 9.17) is 8.83 Å². The van der Waals surface area contributed by atoms with Gasteiger partial charge in [0.2, 0.25) is 0 Å². The molecule has 0 N–H and O–H groups in total. The van der Waals surface area contributed by atoms with Gasteiger partial charge in [-0.3, -0.25) is 0 Å². The third kappa shape index (κ3) is 3.88. The summed E-state index contributed by atoms with van der Waals surface area (Å²) in [6.07, 6.45) is 0. The molecule has 0 atom stereocenters. The number of thiophene rings is 1. The highest BCUT2D eigenvalue weighted by Crippen LogP contribution is 2.49. The van der Waals surface area contributed by atoms with E-state index in [1.165, 1.54) is 64.0 Å². The second-order valence-corrected chi connectivity index (χ2v) is 13.8. The highest BCUT2D eigenvalue weighted by atomic mass is 32.1.